The van der Waals surface area contributed by atoms with Crippen LogP contribution in [0.3, 0.4) is 0 Å². The van der Waals surface area contributed by atoms with Gasteiger partial charge in [-0.15, -0.1) is 0 Å². The van der Waals surface area contributed by atoms with Gasteiger partial charge in [-0.3, -0.25) is 0 Å². The average molecular weight is 1530 g/mol. The molecule has 0 spiro atoms. The third kappa shape index (κ3) is 93.0. The number of unbranched alkanes of at least 4 members (excludes halogenated alkanes) is 80. The standard InChI is InChI=1S/C72H148N.C32H68N.2H2O/c1-5-9-13-17-21-25-29-33-37-41-45-49-53-57-61-65-69-73(70-66-62-58-54-50-46-42-38-34-30-26-22-18-14-10-6-2,71-67-63-59-55-51-47-43-39-35-31-27-23-19-15-11-7-3)72-68-64-60-56-52-48-44-40-36-32-28-24-20-16-12-8-4;1-5-9-13-17-18-19-20-21-22-23-24-28-32-33(29-25-14-10-6-2,30-26-15-11-7-3)31-27-16-12-8-4;;/h5-72H2,1-4H3;5-32H2,1-4H3;2*1H2/q2*+1;;/p-2. The molecule has 0 heterocycles. The molecule has 0 unspecified atom stereocenters. The lowest BCUT2D eigenvalue weighted by molar-refractivity contribution is -0.929. The normalized spacial score (nSPS) is 11.8. The Morgan fingerprint density at radius 3 is 0.213 bits per heavy atom. The van der Waals surface area contributed by atoms with Gasteiger partial charge >= 0.3 is 0 Å². The van der Waals surface area contributed by atoms with Crippen molar-refractivity contribution in [3.8, 4) is 0 Å². The summed E-state index contributed by atoms with van der Waals surface area (Å²) in [5, 5.41) is 0. The maximum absolute atomic E-state index is 2.35. The van der Waals surface area contributed by atoms with Crippen molar-refractivity contribution >= 4 is 0 Å². The minimum Gasteiger partial charge on any atom is -0.870 e. The first kappa shape index (κ1) is 114. The number of rotatable bonds is 96. The molecule has 0 saturated heterocycles. The highest BCUT2D eigenvalue weighted by atomic mass is 16.0. The Morgan fingerprint density at radius 1 is 0.0833 bits per heavy atom. The van der Waals surface area contributed by atoms with Gasteiger partial charge in [0.05, 0.1) is 52.4 Å². The largest absolute Gasteiger partial charge is 0.870 e. The van der Waals surface area contributed by atoms with Crippen molar-refractivity contribution in [3.63, 3.8) is 0 Å². The molecular formula is C104H218N2O2. The molecule has 0 fully saturated rings. The van der Waals surface area contributed by atoms with Crippen molar-refractivity contribution in [1.29, 1.82) is 0 Å². The summed E-state index contributed by atoms with van der Waals surface area (Å²) < 4.78 is 2.96. The molecule has 656 valence electrons. The smallest absolute Gasteiger partial charge is 0.0786 e. The van der Waals surface area contributed by atoms with Gasteiger partial charge in [-0.05, 0) is 103 Å². The van der Waals surface area contributed by atoms with Gasteiger partial charge in [0, 0.05) is 0 Å². The first-order chi connectivity index (χ1) is 52.5. The second-order valence-corrected chi connectivity index (χ2v) is 36.8. The Morgan fingerprint density at radius 2 is 0.139 bits per heavy atom. The molecule has 0 bridgehead atoms. The number of nitrogens with zero attached hydrogens (tertiary/aromatic N) is 2. The summed E-state index contributed by atoms with van der Waals surface area (Å²) in [5.41, 5.74) is 0. The second kappa shape index (κ2) is 103. The van der Waals surface area contributed by atoms with Crippen LogP contribution >= 0.6 is 0 Å². The third-order valence-corrected chi connectivity index (χ3v) is 25.9. The minimum atomic E-state index is 0. The van der Waals surface area contributed by atoms with E-state index < -0.39 is 0 Å². The Balaban J connectivity index is -0.00000129. The summed E-state index contributed by atoms with van der Waals surface area (Å²) in [5.74, 6) is 0. The van der Waals surface area contributed by atoms with E-state index >= 15 is 0 Å². The molecule has 0 aliphatic rings. The predicted octanol–water partition coefficient (Wildman–Crippen LogP) is 37.7. The first-order valence-corrected chi connectivity index (χ1v) is 52.2. The third-order valence-electron chi connectivity index (χ3n) is 25.9. The molecule has 0 aliphatic carbocycles. The SMILES string of the molecule is CCCCCCCCCCCCCCCCCC[N+](CCCCCCCCCCCCCCCCCC)(CCCCCCCCCCCCCCCCCC)CCCCCCCCCCCCCCCCCC.CCCCCCCCCCCCCC[N+](CCCCCC)(CCCCCC)CCCCCC.[OH-].[OH-]. The summed E-state index contributed by atoms with van der Waals surface area (Å²) in [6.07, 6.45) is 129. The number of hydrogen-bond donors (Lipinski definition) is 0. The van der Waals surface area contributed by atoms with Crippen molar-refractivity contribution in [3.05, 3.63) is 0 Å². The molecule has 2 N–H and O–H groups in total. The molecule has 0 rings (SSSR count). The van der Waals surface area contributed by atoms with Gasteiger partial charge in [-0.2, -0.15) is 0 Å². The molecule has 108 heavy (non-hydrogen) atoms. The molecule has 0 amide bonds. The first-order valence-electron chi connectivity index (χ1n) is 52.2. The van der Waals surface area contributed by atoms with Gasteiger partial charge in [0.25, 0.3) is 0 Å². The molecule has 0 aromatic rings. The molecule has 4 nitrogen and oxygen atoms in total. The lowest BCUT2D eigenvalue weighted by Crippen LogP contribution is -2.50. The Labute approximate surface area is 688 Å². The van der Waals surface area contributed by atoms with Crippen molar-refractivity contribution in [1.82, 2.24) is 0 Å². The highest BCUT2D eigenvalue weighted by molar-refractivity contribution is 4.61. The maximum Gasteiger partial charge on any atom is 0.0786 e. The summed E-state index contributed by atoms with van der Waals surface area (Å²) in [4.78, 5) is 0. The highest BCUT2D eigenvalue weighted by Crippen LogP contribution is 2.26. The predicted molar refractivity (Wildman–Crippen MR) is 495 cm³/mol. The monoisotopic (exact) mass is 1530 g/mol. The van der Waals surface area contributed by atoms with Crippen molar-refractivity contribution in [2.24, 2.45) is 0 Å². The Bertz CT molecular complexity index is 1300. The summed E-state index contributed by atoms with van der Waals surface area (Å²) in [6, 6.07) is 0. The quantitative estimate of drug-likeness (QED) is 0.0450. The van der Waals surface area contributed by atoms with Crippen LogP contribution in [0, 0.1) is 0 Å². The van der Waals surface area contributed by atoms with Gasteiger partial charge in [0.2, 0.25) is 0 Å². The number of hydrogen-bond acceptors (Lipinski definition) is 2. The zero-order chi connectivity index (χ0) is 76.9. The molecule has 0 aliphatic heterocycles. The average Bonchev–Trinajstić information content (AvgIpc) is 0.878. The summed E-state index contributed by atoms with van der Waals surface area (Å²) in [6.45, 7) is 30.6. The van der Waals surface area contributed by atoms with Gasteiger partial charge in [-0.25, -0.2) is 0 Å². The topological polar surface area (TPSA) is 60.0 Å². The van der Waals surface area contributed by atoms with Gasteiger partial charge in [-0.1, -0.05) is 518 Å². The molecule has 4 heteroatoms. The van der Waals surface area contributed by atoms with Crippen LogP contribution in [-0.4, -0.2) is 72.3 Å². The fraction of sp³-hybridized carbons (Fsp3) is 1.00. The van der Waals surface area contributed by atoms with E-state index in [9.17, 15) is 0 Å². The summed E-state index contributed by atoms with van der Waals surface area (Å²) in [7, 11) is 0. The van der Waals surface area contributed by atoms with Gasteiger partial charge in [0.1, 0.15) is 0 Å². The Kier molecular flexibility index (Phi) is 109. The van der Waals surface area contributed by atoms with E-state index in [0.29, 0.717) is 0 Å². The van der Waals surface area contributed by atoms with E-state index in [1.807, 2.05) is 0 Å². The van der Waals surface area contributed by atoms with Crippen molar-refractivity contribution in [2.75, 3.05) is 52.4 Å². The van der Waals surface area contributed by atoms with E-state index in [4.69, 9.17) is 0 Å². The molecule has 0 radical (unpaired) electrons. The highest BCUT2D eigenvalue weighted by Gasteiger charge is 2.27. The maximum atomic E-state index is 2.35. The van der Waals surface area contributed by atoms with E-state index in [-0.39, 0.29) is 11.0 Å². The van der Waals surface area contributed by atoms with Crippen LogP contribution in [0.2, 0.25) is 0 Å². The van der Waals surface area contributed by atoms with Crippen LogP contribution in [0.5, 0.6) is 0 Å². The molecular weight excluding hydrogens is 1310 g/mol. The van der Waals surface area contributed by atoms with Crippen LogP contribution in [-0.2, 0) is 0 Å². The van der Waals surface area contributed by atoms with Crippen LogP contribution in [0.15, 0.2) is 0 Å². The van der Waals surface area contributed by atoms with E-state index in [2.05, 4.69) is 55.4 Å². The lowest BCUT2D eigenvalue weighted by atomic mass is 10.0. The lowest BCUT2D eigenvalue weighted by Gasteiger charge is -2.40. The van der Waals surface area contributed by atoms with Crippen LogP contribution in [0.1, 0.15) is 620 Å². The van der Waals surface area contributed by atoms with Gasteiger partial charge < -0.3 is 19.9 Å². The zero-order valence-corrected chi connectivity index (χ0v) is 77.7. The zero-order valence-electron chi connectivity index (χ0n) is 77.7. The van der Waals surface area contributed by atoms with Gasteiger partial charge in [0.15, 0.2) is 0 Å². The van der Waals surface area contributed by atoms with Crippen LogP contribution in [0.25, 0.3) is 0 Å². The van der Waals surface area contributed by atoms with Crippen molar-refractivity contribution < 1.29 is 19.9 Å². The number of quaternary nitrogens is 2. The van der Waals surface area contributed by atoms with E-state index in [1.54, 1.807) is 0 Å². The molecule has 0 aromatic heterocycles. The fourth-order valence-corrected chi connectivity index (χ4v) is 18.2. The molecule has 0 saturated carbocycles. The summed E-state index contributed by atoms with van der Waals surface area (Å²) >= 11 is 0. The van der Waals surface area contributed by atoms with Crippen LogP contribution < -0.4 is 0 Å². The van der Waals surface area contributed by atoms with E-state index in [0.717, 1.165) is 0 Å². The van der Waals surface area contributed by atoms with Crippen molar-refractivity contribution in [2.45, 2.75) is 620 Å². The minimum absolute atomic E-state index is 0. The molecule has 0 aromatic carbocycles. The second-order valence-electron chi connectivity index (χ2n) is 36.8. The molecule has 0 atom stereocenters. The Hall–Kier alpha value is -0.160. The van der Waals surface area contributed by atoms with E-state index in [1.165, 1.54) is 626 Å². The van der Waals surface area contributed by atoms with Crippen LogP contribution in [0.4, 0.5) is 0 Å². The fourth-order valence-electron chi connectivity index (χ4n) is 18.2.